The summed E-state index contributed by atoms with van der Waals surface area (Å²) in [5.41, 5.74) is 1.59. The first kappa shape index (κ1) is 13.1. The van der Waals surface area contributed by atoms with Crippen LogP contribution >= 0.6 is 15.9 Å². The van der Waals surface area contributed by atoms with Crippen LogP contribution in [0.1, 0.15) is 26.3 Å². The van der Waals surface area contributed by atoms with E-state index in [0.29, 0.717) is 6.04 Å². The molecule has 1 aromatic carbocycles. The van der Waals surface area contributed by atoms with Gasteiger partial charge in [0.25, 0.3) is 0 Å². The lowest BCUT2D eigenvalue weighted by molar-refractivity contribution is 0.0976. The van der Waals surface area contributed by atoms with E-state index in [4.69, 9.17) is 0 Å². The zero-order valence-electron chi connectivity index (χ0n) is 10.8. The lowest BCUT2D eigenvalue weighted by Crippen LogP contribution is -2.60. The number of rotatable bonds is 2. The number of hydrogen-bond acceptors (Lipinski definition) is 2. The van der Waals surface area contributed by atoms with Crippen molar-refractivity contribution in [2.24, 2.45) is 0 Å². The first-order valence-electron chi connectivity index (χ1n) is 6.20. The minimum absolute atomic E-state index is 0.216. The molecule has 0 amide bonds. The van der Waals surface area contributed by atoms with Crippen molar-refractivity contribution in [3.8, 4) is 0 Å². The molecule has 94 valence electrons. The van der Waals surface area contributed by atoms with E-state index in [1.54, 1.807) is 0 Å². The molecule has 1 fully saturated rings. The molecule has 1 aliphatic heterocycles. The Labute approximate surface area is 113 Å². The molecule has 0 aromatic heterocycles. The Kier molecular flexibility index (Phi) is 3.91. The Bertz CT molecular complexity index is 390. The van der Waals surface area contributed by atoms with Crippen molar-refractivity contribution in [2.75, 3.05) is 13.1 Å². The third-order valence-electron chi connectivity index (χ3n) is 3.43. The second-order valence-corrected chi connectivity index (χ2v) is 6.46. The maximum Gasteiger partial charge on any atom is 0.0253 e. The molecule has 0 radical (unpaired) electrons. The Balaban J connectivity index is 2.10. The molecule has 1 aliphatic rings. The number of nitrogens with one attached hydrogen (secondary N) is 1. The summed E-state index contributed by atoms with van der Waals surface area (Å²) < 4.78 is 1.21. The molecule has 2 rings (SSSR count). The molecule has 2 nitrogen and oxygen atoms in total. The van der Waals surface area contributed by atoms with Crippen molar-refractivity contribution in [3.05, 3.63) is 34.3 Å². The molecule has 0 bridgehead atoms. The summed E-state index contributed by atoms with van der Waals surface area (Å²) in [5, 5.41) is 3.59. The Morgan fingerprint density at radius 2 is 2.12 bits per heavy atom. The molecule has 1 unspecified atom stereocenters. The van der Waals surface area contributed by atoms with E-state index in [0.717, 1.165) is 19.6 Å². The molecule has 0 saturated carbocycles. The fourth-order valence-electron chi connectivity index (χ4n) is 2.33. The van der Waals surface area contributed by atoms with Gasteiger partial charge >= 0.3 is 0 Å². The van der Waals surface area contributed by atoms with Gasteiger partial charge in [-0.15, -0.1) is 0 Å². The van der Waals surface area contributed by atoms with Crippen LogP contribution in [0.25, 0.3) is 0 Å². The van der Waals surface area contributed by atoms with Crippen molar-refractivity contribution in [1.82, 2.24) is 10.2 Å². The average Bonchev–Trinajstić information content (AvgIpc) is 2.26. The molecular formula is C14H21BrN2. The Morgan fingerprint density at radius 1 is 1.41 bits per heavy atom. The van der Waals surface area contributed by atoms with E-state index in [2.05, 4.69) is 71.2 Å². The van der Waals surface area contributed by atoms with Gasteiger partial charge in [0.2, 0.25) is 0 Å². The van der Waals surface area contributed by atoms with E-state index >= 15 is 0 Å². The van der Waals surface area contributed by atoms with Crippen molar-refractivity contribution < 1.29 is 0 Å². The van der Waals surface area contributed by atoms with Gasteiger partial charge in [0.15, 0.2) is 0 Å². The van der Waals surface area contributed by atoms with Crippen LogP contribution in [-0.2, 0) is 6.54 Å². The predicted molar refractivity (Wildman–Crippen MR) is 76.1 cm³/mol. The van der Waals surface area contributed by atoms with Gasteiger partial charge in [-0.05, 0) is 32.4 Å². The lowest BCUT2D eigenvalue weighted by atomic mass is 9.98. The summed E-state index contributed by atoms with van der Waals surface area (Å²) in [7, 11) is 0. The number of benzene rings is 1. The monoisotopic (exact) mass is 296 g/mol. The molecule has 1 N–H and O–H groups in total. The second-order valence-electron chi connectivity index (χ2n) is 5.61. The number of nitrogens with zero attached hydrogens (tertiary/aromatic N) is 1. The highest BCUT2D eigenvalue weighted by Gasteiger charge is 2.30. The average molecular weight is 297 g/mol. The third-order valence-corrected chi connectivity index (χ3v) is 4.20. The molecule has 1 heterocycles. The van der Waals surface area contributed by atoms with Crippen molar-refractivity contribution in [1.29, 1.82) is 0 Å². The summed E-state index contributed by atoms with van der Waals surface area (Å²) in [4.78, 5) is 2.55. The van der Waals surface area contributed by atoms with Gasteiger partial charge in [-0.3, -0.25) is 4.90 Å². The highest BCUT2D eigenvalue weighted by atomic mass is 79.9. The van der Waals surface area contributed by atoms with E-state index in [9.17, 15) is 0 Å². The summed E-state index contributed by atoms with van der Waals surface area (Å²) >= 11 is 3.63. The summed E-state index contributed by atoms with van der Waals surface area (Å²) in [6.07, 6.45) is 0. The van der Waals surface area contributed by atoms with Crippen LogP contribution in [-0.4, -0.2) is 29.6 Å². The van der Waals surface area contributed by atoms with Crippen molar-refractivity contribution in [2.45, 2.75) is 38.9 Å². The van der Waals surface area contributed by atoms with Crippen LogP contribution in [0.15, 0.2) is 28.7 Å². The number of hydrogen-bond donors (Lipinski definition) is 1. The van der Waals surface area contributed by atoms with Crippen molar-refractivity contribution in [3.63, 3.8) is 0 Å². The number of halogens is 1. The topological polar surface area (TPSA) is 15.3 Å². The van der Waals surface area contributed by atoms with E-state index in [-0.39, 0.29) is 5.54 Å². The first-order chi connectivity index (χ1) is 7.98. The highest BCUT2D eigenvalue weighted by molar-refractivity contribution is 9.10. The van der Waals surface area contributed by atoms with Crippen LogP contribution in [0.3, 0.4) is 0 Å². The largest absolute Gasteiger partial charge is 0.309 e. The molecule has 3 heteroatoms. The number of piperazine rings is 1. The molecule has 1 saturated heterocycles. The molecule has 1 atom stereocenters. The smallest absolute Gasteiger partial charge is 0.0253 e. The minimum Gasteiger partial charge on any atom is -0.309 e. The van der Waals surface area contributed by atoms with Crippen LogP contribution in [0.4, 0.5) is 0 Å². The maximum absolute atomic E-state index is 3.63. The summed E-state index contributed by atoms with van der Waals surface area (Å²) in [5.74, 6) is 0. The lowest BCUT2D eigenvalue weighted by Gasteiger charge is -2.43. The van der Waals surface area contributed by atoms with Gasteiger partial charge in [-0.2, -0.15) is 0 Å². The van der Waals surface area contributed by atoms with Gasteiger partial charge in [-0.25, -0.2) is 0 Å². The summed E-state index contributed by atoms with van der Waals surface area (Å²) in [6, 6.07) is 9.09. The fourth-order valence-corrected chi connectivity index (χ4v) is 2.74. The van der Waals surface area contributed by atoms with E-state index in [1.807, 2.05) is 0 Å². The van der Waals surface area contributed by atoms with Crippen LogP contribution in [0.5, 0.6) is 0 Å². The second kappa shape index (κ2) is 5.09. The Morgan fingerprint density at radius 3 is 2.82 bits per heavy atom. The fraction of sp³-hybridized carbons (Fsp3) is 0.571. The molecule has 0 aliphatic carbocycles. The maximum atomic E-state index is 3.63. The quantitative estimate of drug-likeness (QED) is 0.902. The van der Waals surface area contributed by atoms with Crippen molar-refractivity contribution >= 4 is 15.9 Å². The van der Waals surface area contributed by atoms with E-state index < -0.39 is 0 Å². The van der Waals surface area contributed by atoms with Gasteiger partial charge in [-0.1, -0.05) is 34.1 Å². The molecule has 0 spiro atoms. The van der Waals surface area contributed by atoms with Gasteiger partial charge in [0, 0.05) is 35.7 Å². The third kappa shape index (κ3) is 3.30. The molecular weight excluding hydrogens is 276 g/mol. The minimum atomic E-state index is 0.216. The zero-order valence-corrected chi connectivity index (χ0v) is 12.4. The SMILES string of the molecule is CC1CNC(C)(C)CN1Cc1ccccc1Br. The normalized spacial score (nSPS) is 24.8. The van der Waals surface area contributed by atoms with Crippen LogP contribution < -0.4 is 5.32 Å². The van der Waals surface area contributed by atoms with Gasteiger partial charge in [0.1, 0.15) is 0 Å². The van der Waals surface area contributed by atoms with Crippen LogP contribution in [0, 0.1) is 0 Å². The van der Waals surface area contributed by atoms with Gasteiger partial charge < -0.3 is 5.32 Å². The summed E-state index contributed by atoms with van der Waals surface area (Å²) in [6.45, 7) is 10.0. The standard InChI is InChI=1S/C14H21BrN2/c1-11-8-16-14(2,3)10-17(11)9-12-6-4-5-7-13(12)15/h4-7,11,16H,8-10H2,1-3H3. The van der Waals surface area contributed by atoms with Gasteiger partial charge in [0.05, 0.1) is 0 Å². The Hall–Kier alpha value is -0.380. The predicted octanol–water partition coefficient (Wildman–Crippen LogP) is 3.02. The zero-order chi connectivity index (χ0) is 12.5. The van der Waals surface area contributed by atoms with Crippen LogP contribution in [0.2, 0.25) is 0 Å². The molecule has 1 aromatic rings. The highest BCUT2D eigenvalue weighted by Crippen LogP contribution is 2.22. The first-order valence-corrected chi connectivity index (χ1v) is 7.00. The molecule has 17 heavy (non-hydrogen) atoms. The van der Waals surface area contributed by atoms with E-state index in [1.165, 1.54) is 10.0 Å².